The zero-order valence-corrected chi connectivity index (χ0v) is 12.1. The Morgan fingerprint density at radius 1 is 1.55 bits per heavy atom. The lowest BCUT2D eigenvalue weighted by atomic mass is 9.98. The Morgan fingerprint density at radius 3 is 2.95 bits per heavy atom. The molecule has 0 atom stereocenters. The molecule has 3 heterocycles. The quantitative estimate of drug-likeness (QED) is 0.934. The normalized spacial score (nSPS) is 16.9. The summed E-state index contributed by atoms with van der Waals surface area (Å²) in [6.45, 7) is 2.44. The maximum atomic E-state index is 11.5. The van der Waals surface area contributed by atoms with E-state index in [0.29, 0.717) is 11.7 Å². The first-order valence-corrected chi connectivity index (χ1v) is 7.51. The molecule has 7 heteroatoms. The van der Waals surface area contributed by atoms with E-state index in [1.165, 1.54) is 11.3 Å². The fourth-order valence-electron chi connectivity index (χ4n) is 2.74. The predicted octanol–water partition coefficient (Wildman–Crippen LogP) is 1.96. The minimum absolute atomic E-state index is 0.270. The lowest BCUT2D eigenvalue weighted by Crippen LogP contribution is -2.36. The van der Waals surface area contributed by atoms with E-state index in [4.69, 9.17) is 4.74 Å². The number of piperidine rings is 1. The molecule has 0 aliphatic carbocycles. The highest BCUT2D eigenvalue weighted by Crippen LogP contribution is 2.28. The van der Waals surface area contributed by atoms with Crippen molar-refractivity contribution in [3.05, 3.63) is 17.3 Å². The van der Waals surface area contributed by atoms with Gasteiger partial charge in [-0.2, -0.15) is 0 Å². The van der Waals surface area contributed by atoms with Crippen LogP contribution in [0, 0.1) is 5.92 Å². The Balaban J connectivity index is 1.85. The SMILES string of the molecule is COCC1CCN(c2nc3sccn3c2C(=O)O)CC1. The van der Waals surface area contributed by atoms with Crippen LogP contribution in [-0.4, -0.2) is 47.3 Å². The van der Waals surface area contributed by atoms with Gasteiger partial charge in [0.2, 0.25) is 0 Å². The monoisotopic (exact) mass is 295 g/mol. The number of imidazole rings is 1. The summed E-state index contributed by atoms with van der Waals surface area (Å²) in [6.07, 6.45) is 3.79. The van der Waals surface area contributed by atoms with Gasteiger partial charge in [-0.25, -0.2) is 9.78 Å². The summed E-state index contributed by atoms with van der Waals surface area (Å²) in [5, 5.41) is 11.3. The lowest BCUT2D eigenvalue weighted by Gasteiger charge is -2.32. The Hall–Kier alpha value is -1.60. The van der Waals surface area contributed by atoms with E-state index in [-0.39, 0.29) is 5.69 Å². The van der Waals surface area contributed by atoms with Crippen LogP contribution in [0.1, 0.15) is 23.3 Å². The van der Waals surface area contributed by atoms with Crippen LogP contribution in [0.2, 0.25) is 0 Å². The second-order valence-corrected chi connectivity index (χ2v) is 5.90. The number of anilines is 1. The van der Waals surface area contributed by atoms with Crippen molar-refractivity contribution in [3.63, 3.8) is 0 Å². The largest absolute Gasteiger partial charge is 0.476 e. The molecule has 2 aromatic rings. The number of thiazole rings is 1. The molecule has 0 bridgehead atoms. The standard InChI is InChI=1S/C13H17N3O3S/c1-19-8-9-2-4-15(5-3-9)11-10(12(17)18)16-6-7-20-13(16)14-11/h6-7,9H,2-5,8H2,1H3,(H,17,18). The van der Waals surface area contributed by atoms with E-state index < -0.39 is 5.97 Å². The summed E-state index contributed by atoms with van der Waals surface area (Å²) in [7, 11) is 1.72. The van der Waals surface area contributed by atoms with Gasteiger partial charge in [0.25, 0.3) is 0 Å². The number of rotatable bonds is 4. The molecule has 0 radical (unpaired) electrons. The maximum Gasteiger partial charge on any atom is 0.356 e. The first kappa shape index (κ1) is 13.4. The molecule has 0 spiro atoms. The van der Waals surface area contributed by atoms with Gasteiger partial charge < -0.3 is 14.7 Å². The zero-order valence-electron chi connectivity index (χ0n) is 11.3. The Bertz CT molecular complexity index is 613. The Morgan fingerprint density at radius 2 is 2.30 bits per heavy atom. The fraction of sp³-hybridized carbons (Fsp3) is 0.538. The number of carboxylic acid groups (broad SMARTS) is 1. The molecule has 20 heavy (non-hydrogen) atoms. The molecule has 1 aliphatic heterocycles. The van der Waals surface area contributed by atoms with Crippen LogP contribution in [0.25, 0.3) is 4.96 Å². The van der Waals surface area contributed by atoms with Crippen LogP contribution in [0.15, 0.2) is 11.6 Å². The molecule has 0 aromatic carbocycles. The number of hydrogen-bond donors (Lipinski definition) is 1. The molecule has 0 amide bonds. The van der Waals surface area contributed by atoms with Crippen LogP contribution >= 0.6 is 11.3 Å². The topological polar surface area (TPSA) is 67.1 Å². The summed E-state index contributed by atoms with van der Waals surface area (Å²) in [5.74, 6) is 0.235. The zero-order chi connectivity index (χ0) is 14.1. The Labute approximate surface area is 120 Å². The lowest BCUT2D eigenvalue weighted by molar-refractivity contribution is 0.0690. The number of methoxy groups -OCH3 is 1. The van der Waals surface area contributed by atoms with Gasteiger partial charge in [0, 0.05) is 38.4 Å². The second-order valence-electron chi connectivity index (χ2n) is 5.03. The molecule has 3 rings (SSSR count). The fourth-order valence-corrected chi connectivity index (χ4v) is 3.45. The third-order valence-electron chi connectivity index (χ3n) is 3.76. The van der Waals surface area contributed by atoms with E-state index in [1.807, 2.05) is 5.38 Å². The molecule has 108 valence electrons. The van der Waals surface area contributed by atoms with Crippen LogP contribution < -0.4 is 4.90 Å². The van der Waals surface area contributed by atoms with Gasteiger partial charge >= 0.3 is 5.97 Å². The third kappa shape index (κ3) is 2.27. The van der Waals surface area contributed by atoms with Crippen LogP contribution in [0.4, 0.5) is 5.82 Å². The van der Waals surface area contributed by atoms with Gasteiger partial charge in [-0.3, -0.25) is 4.40 Å². The summed E-state index contributed by atoms with van der Waals surface area (Å²) in [4.78, 5) is 18.8. The third-order valence-corrected chi connectivity index (χ3v) is 4.52. The van der Waals surface area contributed by atoms with E-state index >= 15 is 0 Å². The molecule has 2 aromatic heterocycles. The van der Waals surface area contributed by atoms with Crippen molar-refractivity contribution in [2.45, 2.75) is 12.8 Å². The molecule has 1 saturated heterocycles. The number of fused-ring (bicyclic) bond motifs is 1. The van der Waals surface area contributed by atoms with Gasteiger partial charge in [0.1, 0.15) is 0 Å². The van der Waals surface area contributed by atoms with Crippen molar-refractivity contribution in [2.75, 3.05) is 31.7 Å². The van der Waals surface area contributed by atoms with Crippen molar-refractivity contribution in [3.8, 4) is 0 Å². The predicted molar refractivity (Wildman–Crippen MR) is 76.8 cm³/mol. The molecular formula is C13H17N3O3S. The number of ether oxygens (including phenoxy) is 1. The smallest absolute Gasteiger partial charge is 0.356 e. The number of carbonyl (C=O) groups is 1. The van der Waals surface area contributed by atoms with Crippen LogP contribution in [0.5, 0.6) is 0 Å². The number of nitrogens with zero attached hydrogens (tertiary/aromatic N) is 3. The molecule has 6 nitrogen and oxygen atoms in total. The van der Waals surface area contributed by atoms with Gasteiger partial charge in [-0.15, -0.1) is 11.3 Å². The average Bonchev–Trinajstić information content (AvgIpc) is 2.99. The van der Waals surface area contributed by atoms with Crippen molar-refractivity contribution in [1.29, 1.82) is 0 Å². The minimum Gasteiger partial charge on any atom is -0.476 e. The van der Waals surface area contributed by atoms with Crippen molar-refractivity contribution < 1.29 is 14.6 Å². The molecule has 0 saturated carbocycles. The molecule has 1 fully saturated rings. The van der Waals surface area contributed by atoms with Gasteiger partial charge in [0.15, 0.2) is 16.5 Å². The van der Waals surface area contributed by atoms with Crippen molar-refractivity contribution in [2.24, 2.45) is 5.92 Å². The van der Waals surface area contributed by atoms with Crippen LogP contribution in [-0.2, 0) is 4.74 Å². The summed E-state index contributed by atoms with van der Waals surface area (Å²) in [6, 6.07) is 0. The molecule has 0 unspecified atom stereocenters. The number of carboxylic acids is 1. The highest BCUT2D eigenvalue weighted by Gasteiger charge is 2.27. The molecule has 1 N–H and O–H groups in total. The molecular weight excluding hydrogens is 278 g/mol. The van der Waals surface area contributed by atoms with E-state index in [9.17, 15) is 9.90 Å². The van der Waals surface area contributed by atoms with E-state index in [2.05, 4.69) is 9.88 Å². The summed E-state index contributed by atoms with van der Waals surface area (Å²) in [5.41, 5.74) is 0.270. The first-order chi connectivity index (χ1) is 9.70. The van der Waals surface area contributed by atoms with Crippen molar-refractivity contribution in [1.82, 2.24) is 9.38 Å². The maximum absolute atomic E-state index is 11.5. The number of hydrogen-bond acceptors (Lipinski definition) is 5. The minimum atomic E-state index is -0.926. The second kappa shape index (κ2) is 5.41. The Kier molecular flexibility index (Phi) is 3.62. The number of aromatic nitrogens is 2. The van der Waals surface area contributed by atoms with Crippen LogP contribution in [0.3, 0.4) is 0 Å². The van der Waals surface area contributed by atoms with Crippen molar-refractivity contribution >= 4 is 28.1 Å². The number of aromatic carboxylic acids is 1. The molecule has 1 aliphatic rings. The van der Waals surface area contributed by atoms with Gasteiger partial charge in [-0.1, -0.05) is 0 Å². The van der Waals surface area contributed by atoms with Gasteiger partial charge in [0.05, 0.1) is 0 Å². The summed E-state index contributed by atoms with van der Waals surface area (Å²) >= 11 is 1.45. The average molecular weight is 295 g/mol. The van der Waals surface area contributed by atoms with Gasteiger partial charge in [-0.05, 0) is 18.8 Å². The summed E-state index contributed by atoms with van der Waals surface area (Å²) < 4.78 is 6.85. The first-order valence-electron chi connectivity index (χ1n) is 6.63. The highest BCUT2D eigenvalue weighted by molar-refractivity contribution is 7.15. The highest BCUT2D eigenvalue weighted by atomic mass is 32.1. The van der Waals surface area contributed by atoms with E-state index in [0.717, 1.165) is 37.5 Å². The van der Waals surface area contributed by atoms with E-state index in [1.54, 1.807) is 17.7 Å².